The lowest BCUT2D eigenvalue weighted by molar-refractivity contribution is 0.173. The van der Waals surface area contributed by atoms with Crippen LogP contribution in [-0.2, 0) is 12.8 Å². The van der Waals surface area contributed by atoms with Crippen molar-refractivity contribution in [2.24, 2.45) is 0 Å². The summed E-state index contributed by atoms with van der Waals surface area (Å²) in [5, 5.41) is 10.1. The summed E-state index contributed by atoms with van der Waals surface area (Å²) in [7, 11) is 1.57. The van der Waals surface area contributed by atoms with Gasteiger partial charge >= 0.3 is 0 Å². The molecular weight excluding hydrogens is 330 g/mol. The van der Waals surface area contributed by atoms with Crippen LogP contribution in [0.4, 0.5) is 0 Å². The molecule has 0 spiro atoms. The second-order valence-corrected chi connectivity index (χ2v) is 6.92. The molecule has 0 aliphatic carbocycles. The van der Waals surface area contributed by atoms with E-state index in [4.69, 9.17) is 14.2 Å². The van der Waals surface area contributed by atoms with E-state index in [0.29, 0.717) is 12.5 Å². The predicted octanol–water partition coefficient (Wildman–Crippen LogP) is 3.68. The van der Waals surface area contributed by atoms with E-state index in [1.54, 1.807) is 7.11 Å². The van der Waals surface area contributed by atoms with E-state index < -0.39 is 0 Å². The van der Waals surface area contributed by atoms with Gasteiger partial charge in [0.2, 0.25) is 6.79 Å². The Balaban J connectivity index is 1.68. The van der Waals surface area contributed by atoms with Gasteiger partial charge in [0.15, 0.2) is 23.0 Å². The lowest BCUT2D eigenvalue weighted by Gasteiger charge is -2.37. The van der Waals surface area contributed by atoms with Crippen LogP contribution in [-0.4, -0.2) is 37.0 Å². The molecule has 5 heteroatoms. The quantitative estimate of drug-likeness (QED) is 0.887. The van der Waals surface area contributed by atoms with Gasteiger partial charge in [0.1, 0.15) is 0 Å². The molecule has 0 fully saturated rings. The maximum atomic E-state index is 10.1. The fraction of sp³-hybridized carbons (Fsp3) is 0.429. The first-order valence-electron chi connectivity index (χ1n) is 9.22. The standard InChI is InChI=1S/C21H25NO4/c1-3-7-22-8-6-15-11-20-21(26-13-25-20)12-16(15)17(22)9-14-4-5-19(24-2)18(23)10-14/h4-5,10-12,17,23H,3,6-9,13H2,1-2H3. The predicted molar refractivity (Wildman–Crippen MR) is 99.2 cm³/mol. The Morgan fingerprint density at radius 3 is 2.73 bits per heavy atom. The van der Waals surface area contributed by atoms with Crippen LogP contribution in [0.2, 0.25) is 0 Å². The van der Waals surface area contributed by atoms with E-state index in [1.807, 2.05) is 18.2 Å². The zero-order valence-corrected chi connectivity index (χ0v) is 15.3. The first-order valence-corrected chi connectivity index (χ1v) is 9.22. The number of aromatic hydroxyl groups is 1. The molecular formula is C21H25NO4. The zero-order valence-electron chi connectivity index (χ0n) is 15.3. The molecule has 138 valence electrons. The van der Waals surface area contributed by atoms with E-state index in [-0.39, 0.29) is 11.8 Å². The second-order valence-electron chi connectivity index (χ2n) is 6.92. The molecule has 0 aromatic heterocycles. The molecule has 0 saturated heterocycles. The number of phenolic OH excluding ortho intramolecular Hbond substituents is 1. The van der Waals surface area contributed by atoms with Gasteiger partial charge in [-0.2, -0.15) is 0 Å². The number of phenols is 1. The fourth-order valence-corrected chi connectivity index (χ4v) is 4.02. The average molecular weight is 355 g/mol. The van der Waals surface area contributed by atoms with E-state index >= 15 is 0 Å². The van der Waals surface area contributed by atoms with Crippen LogP contribution in [0.3, 0.4) is 0 Å². The minimum Gasteiger partial charge on any atom is -0.504 e. The molecule has 2 aromatic rings. The molecule has 0 amide bonds. The van der Waals surface area contributed by atoms with Gasteiger partial charge in [-0.3, -0.25) is 4.90 Å². The molecule has 2 heterocycles. The number of hydrogen-bond acceptors (Lipinski definition) is 5. The van der Waals surface area contributed by atoms with E-state index in [2.05, 4.69) is 24.0 Å². The van der Waals surface area contributed by atoms with Crippen LogP contribution in [0.15, 0.2) is 30.3 Å². The van der Waals surface area contributed by atoms with E-state index in [9.17, 15) is 5.11 Å². The van der Waals surface area contributed by atoms with Crippen molar-refractivity contribution < 1.29 is 19.3 Å². The van der Waals surface area contributed by atoms with Crippen molar-refractivity contribution in [2.75, 3.05) is 27.0 Å². The van der Waals surface area contributed by atoms with Crippen molar-refractivity contribution >= 4 is 0 Å². The van der Waals surface area contributed by atoms with Crippen molar-refractivity contribution in [1.82, 2.24) is 4.90 Å². The van der Waals surface area contributed by atoms with Gasteiger partial charge in [-0.05, 0) is 66.8 Å². The van der Waals surface area contributed by atoms with Crippen molar-refractivity contribution in [3.8, 4) is 23.0 Å². The smallest absolute Gasteiger partial charge is 0.231 e. The highest BCUT2D eigenvalue weighted by Gasteiger charge is 2.30. The Kier molecular flexibility index (Phi) is 4.64. The summed E-state index contributed by atoms with van der Waals surface area (Å²) < 4.78 is 16.3. The summed E-state index contributed by atoms with van der Waals surface area (Å²) in [6.45, 7) is 4.60. The molecule has 1 unspecified atom stereocenters. The maximum absolute atomic E-state index is 10.1. The second kappa shape index (κ2) is 7.08. The number of ether oxygens (including phenoxy) is 3. The lowest BCUT2D eigenvalue weighted by atomic mass is 9.88. The van der Waals surface area contributed by atoms with E-state index in [1.165, 1.54) is 11.1 Å². The average Bonchev–Trinajstić information content (AvgIpc) is 3.10. The molecule has 0 bridgehead atoms. The highest BCUT2D eigenvalue weighted by atomic mass is 16.7. The third kappa shape index (κ3) is 3.07. The van der Waals surface area contributed by atoms with Gasteiger partial charge in [0.05, 0.1) is 7.11 Å². The Bertz CT molecular complexity index is 805. The fourth-order valence-electron chi connectivity index (χ4n) is 4.02. The summed E-state index contributed by atoms with van der Waals surface area (Å²) in [4.78, 5) is 2.53. The van der Waals surface area contributed by atoms with Crippen molar-refractivity contribution in [1.29, 1.82) is 0 Å². The molecule has 2 aliphatic rings. The molecule has 1 N–H and O–H groups in total. The van der Waals surface area contributed by atoms with Crippen molar-refractivity contribution in [3.63, 3.8) is 0 Å². The number of rotatable bonds is 5. The zero-order chi connectivity index (χ0) is 18.1. The van der Waals surface area contributed by atoms with Gasteiger partial charge in [0, 0.05) is 12.6 Å². The topological polar surface area (TPSA) is 51.2 Å². The van der Waals surface area contributed by atoms with Crippen LogP contribution < -0.4 is 14.2 Å². The number of hydrogen-bond donors (Lipinski definition) is 1. The minimum absolute atomic E-state index is 0.189. The molecule has 2 aromatic carbocycles. The molecule has 1 atom stereocenters. The van der Waals surface area contributed by atoms with Gasteiger partial charge in [-0.15, -0.1) is 0 Å². The molecule has 5 nitrogen and oxygen atoms in total. The Morgan fingerprint density at radius 2 is 2.00 bits per heavy atom. The van der Waals surface area contributed by atoms with E-state index in [0.717, 1.165) is 49.4 Å². The summed E-state index contributed by atoms with van der Waals surface area (Å²) in [6, 6.07) is 10.2. The molecule has 0 radical (unpaired) electrons. The summed E-state index contributed by atoms with van der Waals surface area (Å²) in [5.41, 5.74) is 3.74. The van der Waals surface area contributed by atoms with Gasteiger partial charge in [-0.1, -0.05) is 13.0 Å². The summed E-state index contributed by atoms with van der Waals surface area (Å²) in [6.07, 6.45) is 2.98. The summed E-state index contributed by atoms with van der Waals surface area (Å²) >= 11 is 0. The maximum Gasteiger partial charge on any atom is 0.231 e. The Morgan fingerprint density at radius 1 is 1.19 bits per heavy atom. The van der Waals surface area contributed by atoms with Gasteiger partial charge in [0.25, 0.3) is 0 Å². The SMILES string of the molecule is CCCN1CCc2cc3c(cc2C1Cc1ccc(OC)c(O)c1)OCO3. The van der Waals surface area contributed by atoms with Crippen LogP contribution in [0, 0.1) is 0 Å². The molecule has 4 rings (SSSR count). The van der Waals surface area contributed by atoms with Crippen LogP contribution in [0.25, 0.3) is 0 Å². The number of benzene rings is 2. The molecule has 26 heavy (non-hydrogen) atoms. The third-order valence-corrected chi connectivity index (χ3v) is 5.29. The minimum atomic E-state index is 0.189. The van der Waals surface area contributed by atoms with Crippen molar-refractivity contribution in [2.45, 2.75) is 32.2 Å². The number of methoxy groups -OCH3 is 1. The Hall–Kier alpha value is -2.40. The van der Waals surface area contributed by atoms with Gasteiger partial charge < -0.3 is 19.3 Å². The molecule has 2 aliphatic heterocycles. The highest BCUT2D eigenvalue weighted by molar-refractivity contribution is 5.51. The third-order valence-electron chi connectivity index (χ3n) is 5.29. The highest BCUT2D eigenvalue weighted by Crippen LogP contribution is 2.42. The van der Waals surface area contributed by atoms with Crippen LogP contribution >= 0.6 is 0 Å². The van der Waals surface area contributed by atoms with Crippen molar-refractivity contribution in [3.05, 3.63) is 47.0 Å². The van der Waals surface area contributed by atoms with Crippen LogP contribution in [0.5, 0.6) is 23.0 Å². The lowest BCUT2D eigenvalue weighted by Crippen LogP contribution is -2.37. The Labute approximate surface area is 154 Å². The van der Waals surface area contributed by atoms with Crippen LogP contribution in [0.1, 0.15) is 36.1 Å². The monoisotopic (exact) mass is 355 g/mol. The first kappa shape index (κ1) is 17.0. The largest absolute Gasteiger partial charge is 0.504 e. The normalized spacial score (nSPS) is 18.6. The van der Waals surface area contributed by atoms with Gasteiger partial charge in [-0.25, -0.2) is 0 Å². The number of nitrogens with zero attached hydrogens (tertiary/aromatic N) is 1. The first-order chi connectivity index (χ1) is 12.7. The number of fused-ring (bicyclic) bond motifs is 2. The molecule has 0 saturated carbocycles. The summed E-state index contributed by atoms with van der Waals surface area (Å²) in [5.74, 6) is 2.39.